The first-order chi connectivity index (χ1) is 11.2. The first kappa shape index (κ1) is 18.6. The first-order valence-corrected chi connectivity index (χ1v) is 8.95. The van der Waals surface area contributed by atoms with Crippen molar-refractivity contribution in [1.29, 1.82) is 0 Å². The number of amides is 1. The average Bonchev–Trinajstić information content (AvgIpc) is 2.52. The molecule has 1 aromatic carbocycles. The summed E-state index contributed by atoms with van der Waals surface area (Å²) in [5.74, 6) is 1.96. The summed E-state index contributed by atoms with van der Waals surface area (Å²) in [5, 5.41) is 0. The number of hydrogen-bond acceptors (Lipinski definition) is 3. The number of rotatable bonds is 4. The summed E-state index contributed by atoms with van der Waals surface area (Å²) in [6.07, 6.45) is 1.72. The van der Waals surface area contributed by atoms with Crippen molar-refractivity contribution in [2.75, 3.05) is 19.7 Å². The molecule has 1 aliphatic heterocycles. The van der Waals surface area contributed by atoms with Crippen LogP contribution < -0.4 is 4.74 Å². The van der Waals surface area contributed by atoms with Crippen LogP contribution in [0, 0.1) is 5.92 Å². The van der Waals surface area contributed by atoms with Crippen LogP contribution in [0.3, 0.4) is 0 Å². The SMILES string of the molecule is CC(C)c1ccc(OCC2CCN(C(=O)OC(C)(C)C)CC2)cc1. The van der Waals surface area contributed by atoms with Crippen LogP contribution in [0.1, 0.15) is 58.9 Å². The molecule has 0 saturated carbocycles. The molecule has 0 atom stereocenters. The molecule has 4 heteroatoms. The molecule has 0 spiro atoms. The van der Waals surface area contributed by atoms with Crippen molar-refractivity contribution in [2.45, 2.75) is 59.0 Å². The molecule has 1 fully saturated rings. The second-order valence-corrected chi connectivity index (χ2v) is 7.95. The van der Waals surface area contributed by atoms with Gasteiger partial charge < -0.3 is 14.4 Å². The van der Waals surface area contributed by atoms with Gasteiger partial charge in [-0.3, -0.25) is 0 Å². The Morgan fingerprint density at radius 2 is 1.75 bits per heavy atom. The number of carbonyl (C=O) groups is 1. The van der Waals surface area contributed by atoms with Gasteiger partial charge in [0.1, 0.15) is 11.4 Å². The van der Waals surface area contributed by atoms with E-state index in [4.69, 9.17) is 9.47 Å². The molecule has 1 amide bonds. The molecule has 1 saturated heterocycles. The van der Waals surface area contributed by atoms with Crippen molar-refractivity contribution in [3.05, 3.63) is 29.8 Å². The number of benzene rings is 1. The minimum Gasteiger partial charge on any atom is -0.493 e. The van der Waals surface area contributed by atoms with E-state index in [1.165, 1.54) is 5.56 Å². The van der Waals surface area contributed by atoms with Gasteiger partial charge in [0.25, 0.3) is 0 Å². The molecule has 1 aromatic rings. The number of carbonyl (C=O) groups excluding carboxylic acids is 1. The second kappa shape index (κ2) is 7.91. The zero-order chi connectivity index (χ0) is 17.7. The molecule has 0 N–H and O–H groups in total. The van der Waals surface area contributed by atoms with E-state index in [9.17, 15) is 4.79 Å². The highest BCUT2D eigenvalue weighted by Crippen LogP contribution is 2.23. The molecule has 0 radical (unpaired) electrons. The van der Waals surface area contributed by atoms with Crippen molar-refractivity contribution in [3.8, 4) is 5.75 Å². The topological polar surface area (TPSA) is 38.8 Å². The summed E-state index contributed by atoms with van der Waals surface area (Å²) in [6.45, 7) is 12.3. The van der Waals surface area contributed by atoms with Crippen LogP contribution in [0.2, 0.25) is 0 Å². The van der Waals surface area contributed by atoms with Crippen LogP contribution >= 0.6 is 0 Å². The van der Waals surface area contributed by atoms with Crippen LogP contribution in [-0.4, -0.2) is 36.3 Å². The van der Waals surface area contributed by atoms with E-state index in [-0.39, 0.29) is 6.09 Å². The van der Waals surface area contributed by atoms with Crippen molar-refractivity contribution >= 4 is 6.09 Å². The van der Waals surface area contributed by atoms with Gasteiger partial charge in [-0.05, 0) is 63.1 Å². The largest absolute Gasteiger partial charge is 0.493 e. The monoisotopic (exact) mass is 333 g/mol. The van der Waals surface area contributed by atoms with Gasteiger partial charge in [-0.25, -0.2) is 4.79 Å². The Labute approximate surface area is 146 Å². The predicted molar refractivity (Wildman–Crippen MR) is 96.6 cm³/mol. The van der Waals surface area contributed by atoms with Crippen LogP contribution in [-0.2, 0) is 4.74 Å². The lowest BCUT2D eigenvalue weighted by atomic mass is 9.98. The maximum absolute atomic E-state index is 12.1. The summed E-state index contributed by atoms with van der Waals surface area (Å²) in [6, 6.07) is 8.35. The number of ether oxygens (including phenoxy) is 2. The summed E-state index contributed by atoms with van der Waals surface area (Å²) >= 11 is 0. The van der Waals surface area contributed by atoms with Gasteiger partial charge >= 0.3 is 6.09 Å². The highest BCUT2D eigenvalue weighted by molar-refractivity contribution is 5.68. The summed E-state index contributed by atoms with van der Waals surface area (Å²) in [7, 11) is 0. The van der Waals surface area contributed by atoms with Crippen LogP contribution in [0.15, 0.2) is 24.3 Å². The zero-order valence-electron chi connectivity index (χ0n) is 15.7. The van der Waals surface area contributed by atoms with Crippen molar-refractivity contribution in [2.24, 2.45) is 5.92 Å². The van der Waals surface area contributed by atoms with Gasteiger partial charge in [-0.1, -0.05) is 26.0 Å². The molecular formula is C20H31NO3. The lowest BCUT2D eigenvalue weighted by Crippen LogP contribution is -2.42. The number of likely N-dealkylation sites (tertiary alicyclic amines) is 1. The Morgan fingerprint density at radius 3 is 2.25 bits per heavy atom. The van der Waals surface area contributed by atoms with Crippen LogP contribution in [0.4, 0.5) is 4.79 Å². The van der Waals surface area contributed by atoms with Crippen LogP contribution in [0.5, 0.6) is 5.75 Å². The molecule has 0 bridgehead atoms. The third kappa shape index (κ3) is 5.73. The van der Waals surface area contributed by atoms with Gasteiger partial charge in [0.2, 0.25) is 0 Å². The van der Waals surface area contributed by atoms with Gasteiger partial charge in [0, 0.05) is 13.1 Å². The zero-order valence-corrected chi connectivity index (χ0v) is 15.7. The smallest absolute Gasteiger partial charge is 0.410 e. The normalized spacial score (nSPS) is 16.3. The van der Waals surface area contributed by atoms with E-state index >= 15 is 0 Å². The van der Waals surface area contributed by atoms with E-state index in [0.717, 1.165) is 31.7 Å². The number of nitrogens with zero attached hydrogens (tertiary/aromatic N) is 1. The fraction of sp³-hybridized carbons (Fsp3) is 0.650. The lowest BCUT2D eigenvalue weighted by molar-refractivity contribution is 0.0165. The Bertz CT molecular complexity index is 523. The van der Waals surface area contributed by atoms with Gasteiger partial charge in [-0.2, -0.15) is 0 Å². The maximum atomic E-state index is 12.1. The third-order valence-electron chi connectivity index (χ3n) is 4.30. The van der Waals surface area contributed by atoms with Crippen molar-refractivity contribution in [1.82, 2.24) is 4.90 Å². The summed E-state index contributed by atoms with van der Waals surface area (Å²) < 4.78 is 11.3. The Hall–Kier alpha value is -1.71. The molecule has 4 nitrogen and oxygen atoms in total. The molecule has 0 aromatic heterocycles. The minimum atomic E-state index is -0.431. The molecular weight excluding hydrogens is 302 g/mol. The van der Waals surface area contributed by atoms with Gasteiger partial charge in [0.15, 0.2) is 0 Å². The fourth-order valence-corrected chi connectivity index (χ4v) is 2.77. The average molecular weight is 333 g/mol. The minimum absolute atomic E-state index is 0.203. The molecule has 0 aliphatic carbocycles. The highest BCUT2D eigenvalue weighted by atomic mass is 16.6. The second-order valence-electron chi connectivity index (χ2n) is 7.95. The summed E-state index contributed by atoms with van der Waals surface area (Å²) in [4.78, 5) is 13.9. The Balaban J connectivity index is 1.74. The summed E-state index contributed by atoms with van der Waals surface area (Å²) in [5.41, 5.74) is 0.896. The standard InChI is InChI=1S/C20H31NO3/c1-15(2)17-6-8-18(9-7-17)23-14-16-10-12-21(13-11-16)19(22)24-20(3,4)5/h6-9,15-16H,10-14H2,1-5H3. The first-order valence-electron chi connectivity index (χ1n) is 8.95. The number of hydrogen-bond donors (Lipinski definition) is 0. The van der Waals surface area contributed by atoms with Crippen LogP contribution in [0.25, 0.3) is 0 Å². The number of piperidine rings is 1. The molecule has 1 aliphatic rings. The quantitative estimate of drug-likeness (QED) is 0.791. The third-order valence-corrected chi connectivity index (χ3v) is 4.30. The molecule has 0 unspecified atom stereocenters. The molecule has 24 heavy (non-hydrogen) atoms. The van der Waals surface area contributed by atoms with Crippen molar-refractivity contribution in [3.63, 3.8) is 0 Å². The fourth-order valence-electron chi connectivity index (χ4n) is 2.77. The maximum Gasteiger partial charge on any atom is 0.410 e. The molecule has 134 valence electrons. The molecule has 1 heterocycles. The van der Waals surface area contributed by atoms with E-state index < -0.39 is 5.60 Å². The van der Waals surface area contributed by atoms with E-state index in [0.29, 0.717) is 18.4 Å². The Kier molecular flexibility index (Phi) is 6.14. The van der Waals surface area contributed by atoms with E-state index in [2.05, 4.69) is 26.0 Å². The molecule has 2 rings (SSSR count). The van der Waals surface area contributed by atoms with Gasteiger partial charge in [-0.15, -0.1) is 0 Å². The Morgan fingerprint density at radius 1 is 1.17 bits per heavy atom. The van der Waals surface area contributed by atoms with E-state index in [1.54, 1.807) is 4.90 Å². The lowest BCUT2D eigenvalue weighted by Gasteiger charge is -2.33. The van der Waals surface area contributed by atoms with Gasteiger partial charge in [0.05, 0.1) is 6.61 Å². The van der Waals surface area contributed by atoms with E-state index in [1.807, 2.05) is 32.9 Å². The highest BCUT2D eigenvalue weighted by Gasteiger charge is 2.27. The van der Waals surface area contributed by atoms with Crippen molar-refractivity contribution < 1.29 is 14.3 Å². The predicted octanol–water partition coefficient (Wildman–Crippen LogP) is 4.84.